The number of fused-ring (bicyclic) bond motifs is 2. The Balaban J connectivity index is 1.30. The minimum absolute atomic E-state index is 0.117. The van der Waals surface area contributed by atoms with Crippen molar-refractivity contribution >= 4 is 11.7 Å². The van der Waals surface area contributed by atoms with Crippen molar-refractivity contribution in [3.63, 3.8) is 0 Å². The van der Waals surface area contributed by atoms with Gasteiger partial charge in [-0.25, -0.2) is 0 Å². The molecule has 1 aromatic carbocycles. The molecule has 0 N–H and O–H groups in total. The number of carbonyl (C=O) groups excluding carboxylic acids is 1. The van der Waals surface area contributed by atoms with Crippen molar-refractivity contribution in [1.29, 1.82) is 5.26 Å². The van der Waals surface area contributed by atoms with Crippen LogP contribution in [0.5, 0.6) is 6.01 Å². The zero-order chi connectivity index (χ0) is 27.7. The van der Waals surface area contributed by atoms with E-state index in [4.69, 9.17) is 14.7 Å². The Morgan fingerprint density at radius 1 is 1.15 bits per heavy atom. The molecule has 4 aliphatic rings. The van der Waals surface area contributed by atoms with Gasteiger partial charge in [0.2, 0.25) is 5.91 Å². The highest BCUT2D eigenvalue weighted by atomic mass is 16.5. The molecule has 2 saturated heterocycles. The van der Waals surface area contributed by atoms with Gasteiger partial charge in [0.15, 0.2) is 0 Å². The Bertz CT molecular complexity index is 1320. The minimum Gasteiger partial charge on any atom is -0.462 e. The summed E-state index contributed by atoms with van der Waals surface area (Å²) in [4.78, 5) is 29.0. The van der Waals surface area contributed by atoms with Crippen molar-refractivity contribution in [1.82, 2.24) is 19.8 Å². The van der Waals surface area contributed by atoms with E-state index in [0.29, 0.717) is 38.3 Å². The van der Waals surface area contributed by atoms with Crippen molar-refractivity contribution < 1.29 is 9.53 Å². The van der Waals surface area contributed by atoms with Crippen LogP contribution in [0, 0.1) is 16.7 Å². The molecule has 3 atom stereocenters. The summed E-state index contributed by atoms with van der Waals surface area (Å²) >= 11 is 0. The van der Waals surface area contributed by atoms with Gasteiger partial charge in [-0.1, -0.05) is 30.8 Å². The van der Waals surface area contributed by atoms with E-state index >= 15 is 0 Å². The number of amides is 1. The number of nitriles is 1. The number of aromatic nitrogens is 2. The number of nitrogens with zero attached hydrogens (tertiary/aromatic N) is 6. The van der Waals surface area contributed by atoms with Gasteiger partial charge in [0.05, 0.1) is 24.2 Å². The quantitative estimate of drug-likeness (QED) is 0.516. The first-order chi connectivity index (χ1) is 19.5. The van der Waals surface area contributed by atoms with Crippen LogP contribution in [0.2, 0.25) is 0 Å². The minimum atomic E-state index is -0.198. The molecule has 8 heteroatoms. The van der Waals surface area contributed by atoms with Crippen molar-refractivity contribution in [2.45, 2.75) is 69.9 Å². The highest BCUT2D eigenvalue weighted by molar-refractivity contribution is 5.87. The predicted molar refractivity (Wildman–Crippen MR) is 154 cm³/mol. The van der Waals surface area contributed by atoms with E-state index in [2.05, 4.69) is 53.8 Å². The van der Waals surface area contributed by atoms with Crippen molar-refractivity contribution in [3.05, 3.63) is 59.3 Å². The molecule has 6 rings (SSSR count). The van der Waals surface area contributed by atoms with Crippen LogP contribution in [0.3, 0.4) is 0 Å². The van der Waals surface area contributed by atoms with Gasteiger partial charge in [-0.2, -0.15) is 15.2 Å². The van der Waals surface area contributed by atoms with Crippen LogP contribution in [0.15, 0.2) is 36.9 Å². The molecule has 1 aromatic heterocycles. The number of piperazine rings is 1. The van der Waals surface area contributed by atoms with Crippen LogP contribution in [-0.2, 0) is 30.5 Å². The van der Waals surface area contributed by atoms with Gasteiger partial charge in [-0.15, -0.1) is 0 Å². The third-order valence-corrected chi connectivity index (χ3v) is 9.75. The molecular formula is C32H40N6O2. The van der Waals surface area contributed by atoms with E-state index in [1.807, 2.05) is 0 Å². The third-order valence-electron chi connectivity index (χ3n) is 9.75. The van der Waals surface area contributed by atoms with Crippen molar-refractivity contribution in [2.75, 3.05) is 44.7 Å². The van der Waals surface area contributed by atoms with Gasteiger partial charge in [-0.3, -0.25) is 4.79 Å². The molecule has 210 valence electrons. The zero-order valence-corrected chi connectivity index (χ0v) is 23.6. The maximum absolute atomic E-state index is 12.5. The molecule has 2 aliphatic heterocycles. The second-order valence-corrected chi connectivity index (χ2v) is 12.2. The van der Waals surface area contributed by atoms with Gasteiger partial charge in [0, 0.05) is 31.2 Å². The molecule has 3 heterocycles. The Morgan fingerprint density at radius 2 is 1.98 bits per heavy atom. The summed E-state index contributed by atoms with van der Waals surface area (Å²) in [6.07, 6.45) is 10.3. The van der Waals surface area contributed by atoms with E-state index in [1.165, 1.54) is 35.6 Å². The van der Waals surface area contributed by atoms with Crippen LogP contribution < -0.4 is 9.64 Å². The summed E-state index contributed by atoms with van der Waals surface area (Å²) in [6, 6.07) is 11.8. The Morgan fingerprint density at radius 3 is 2.75 bits per heavy atom. The molecule has 8 nitrogen and oxygen atoms in total. The number of likely N-dealkylation sites (tertiary alicyclic amines) is 1. The van der Waals surface area contributed by atoms with E-state index < -0.39 is 0 Å². The molecule has 0 bridgehead atoms. The first-order valence-electron chi connectivity index (χ1n) is 14.8. The average Bonchev–Trinajstić information content (AvgIpc) is 3.39. The number of hydrogen-bond acceptors (Lipinski definition) is 7. The summed E-state index contributed by atoms with van der Waals surface area (Å²) < 4.78 is 6.32. The zero-order valence-electron chi connectivity index (χ0n) is 23.6. The number of rotatable bonds is 6. The monoisotopic (exact) mass is 540 g/mol. The molecule has 40 heavy (non-hydrogen) atoms. The maximum atomic E-state index is 12.5. The molecule has 2 unspecified atom stereocenters. The summed E-state index contributed by atoms with van der Waals surface area (Å²) in [5.74, 6) is 0.813. The van der Waals surface area contributed by atoms with E-state index in [0.717, 1.165) is 56.6 Å². The van der Waals surface area contributed by atoms with Gasteiger partial charge in [-0.05, 0) is 87.6 Å². The first kappa shape index (κ1) is 26.8. The molecule has 2 aromatic rings. The Hall–Kier alpha value is -3.44. The van der Waals surface area contributed by atoms with Crippen LogP contribution in [0.4, 0.5) is 5.82 Å². The second-order valence-electron chi connectivity index (χ2n) is 12.2. The summed E-state index contributed by atoms with van der Waals surface area (Å²) in [7, 11) is 2.16. The lowest BCUT2D eigenvalue weighted by molar-refractivity contribution is -0.128. The van der Waals surface area contributed by atoms with Crippen molar-refractivity contribution in [2.24, 2.45) is 5.41 Å². The predicted octanol–water partition coefficient (Wildman–Crippen LogP) is 3.73. The average molecular weight is 541 g/mol. The summed E-state index contributed by atoms with van der Waals surface area (Å²) in [5.41, 5.74) is 5.52. The van der Waals surface area contributed by atoms with Crippen molar-refractivity contribution in [3.8, 4) is 12.1 Å². The molecule has 0 radical (unpaired) electrons. The Kier molecular flexibility index (Phi) is 7.50. The molecule has 1 amide bonds. The number of hydrogen-bond donors (Lipinski definition) is 0. The fourth-order valence-corrected chi connectivity index (χ4v) is 7.38. The normalized spacial score (nSPS) is 26.2. The van der Waals surface area contributed by atoms with E-state index in [1.54, 1.807) is 4.90 Å². The summed E-state index contributed by atoms with van der Waals surface area (Å²) in [5, 5.41) is 9.51. The number of likely N-dealkylation sites (N-methyl/N-ethyl adjacent to an activating group) is 1. The number of aryl methyl sites for hydroxylation is 1. The van der Waals surface area contributed by atoms with E-state index in [9.17, 15) is 10.1 Å². The van der Waals surface area contributed by atoms with Gasteiger partial charge >= 0.3 is 6.01 Å². The van der Waals surface area contributed by atoms with Gasteiger partial charge in [0.25, 0.3) is 0 Å². The van der Waals surface area contributed by atoms with Crippen LogP contribution in [-0.4, -0.2) is 77.6 Å². The third kappa shape index (κ3) is 5.19. The molecule has 2 aliphatic carbocycles. The number of carbonyl (C=O) groups is 1. The fourth-order valence-electron chi connectivity index (χ4n) is 7.38. The number of anilines is 1. The molecule has 0 saturated carbocycles. The van der Waals surface area contributed by atoms with E-state index in [-0.39, 0.29) is 23.8 Å². The number of ether oxygens (including phenoxy) is 1. The van der Waals surface area contributed by atoms with Crippen LogP contribution in [0.25, 0.3) is 0 Å². The van der Waals surface area contributed by atoms with Crippen LogP contribution >= 0.6 is 0 Å². The first-order valence-corrected chi connectivity index (χ1v) is 14.8. The lowest BCUT2D eigenvalue weighted by atomic mass is 9.63. The topological polar surface area (TPSA) is 85.6 Å². The Labute approximate surface area is 237 Å². The fraction of sp³-hybridized carbons (Fsp3) is 0.562. The smallest absolute Gasteiger partial charge is 0.318 e. The summed E-state index contributed by atoms with van der Waals surface area (Å²) in [6.45, 7) is 7.12. The standard InChI is InChI=1S/C32H40N6O2/c1-3-29(39)38-18-17-37(21-25(38)12-15-33)30-27-11-14-32(13-10-23-7-4-5-8-24(23)19-32)20-28(27)34-31(35-30)40-22-26-9-6-16-36(26)2/h3-5,7-8,25-26H,1,6,9-14,16-22H2,2H3/t25?,26?,32-/m1/s1. The van der Waals surface area contributed by atoms with Gasteiger partial charge < -0.3 is 19.4 Å². The maximum Gasteiger partial charge on any atom is 0.318 e. The van der Waals surface area contributed by atoms with Crippen LogP contribution in [0.1, 0.15) is 54.5 Å². The lowest BCUT2D eigenvalue weighted by Gasteiger charge is -2.44. The number of benzene rings is 1. The SMILES string of the molecule is C=CC(=O)N1CCN(c2nc(OCC3CCCN3C)nc3c2CC[C@@]2(CCc4ccccc4C2)C3)CC1CC#N. The van der Waals surface area contributed by atoms with Gasteiger partial charge in [0.1, 0.15) is 12.4 Å². The highest BCUT2D eigenvalue weighted by Crippen LogP contribution is 2.46. The molecular weight excluding hydrogens is 500 g/mol. The molecule has 2 fully saturated rings. The second kappa shape index (κ2) is 11.2. The largest absolute Gasteiger partial charge is 0.462 e. The lowest BCUT2D eigenvalue weighted by Crippen LogP contribution is -2.55. The highest BCUT2D eigenvalue weighted by Gasteiger charge is 2.41. The molecule has 1 spiro atoms.